The Balaban J connectivity index is 2.20. The maximum absolute atomic E-state index is 11.7. The number of carbonyl (C=O) groups is 1. The van der Waals surface area contributed by atoms with Crippen LogP contribution in [0.3, 0.4) is 0 Å². The Morgan fingerprint density at radius 1 is 1.41 bits per heavy atom. The number of nitrogens with zero attached hydrogens (tertiary/aromatic N) is 2. The molecule has 1 saturated heterocycles. The monoisotopic (exact) mass is 324 g/mol. The van der Waals surface area contributed by atoms with Crippen LogP contribution in [-0.4, -0.2) is 41.5 Å². The minimum Gasteiger partial charge on any atom is -0.478 e. The summed E-state index contributed by atoms with van der Waals surface area (Å²) in [5.74, 6) is -1.02. The smallest absolute Gasteiger partial charge is 0.337 e. The van der Waals surface area contributed by atoms with E-state index < -0.39 is 5.97 Å². The first-order valence-corrected chi connectivity index (χ1v) is 7.48. The van der Waals surface area contributed by atoms with Crippen LogP contribution in [0.4, 0.5) is 5.69 Å². The van der Waals surface area contributed by atoms with Gasteiger partial charge in [0.15, 0.2) is 5.58 Å². The number of ether oxygens (including phenoxy) is 1. The number of fused-ring (bicyclic) bond motifs is 1. The molecule has 2 heterocycles. The summed E-state index contributed by atoms with van der Waals surface area (Å²) in [6.07, 6.45) is -0.0118. The molecule has 0 bridgehead atoms. The van der Waals surface area contributed by atoms with Gasteiger partial charge in [-0.2, -0.15) is 0 Å². The largest absolute Gasteiger partial charge is 0.478 e. The average molecular weight is 325 g/mol. The van der Waals surface area contributed by atoms with E-state index in [0.717, 1.165) is 0 Å². The molecule has 1 aliphatic rings. The Morgan fingerprint density at radius 2 is 2.05 bits per heavy atom. The van der Waals surface area contributed by atoms with Gasteiger partial charge in [-0.1, -0.05) is 16.8 Å². The van der Waals surface area contributed by atoms with Gasteiger partial charge in [-0.15, -0.1) is 0 Å². The highest BCUT2D eigenvalue weighted by Gasteiger charge is 2.30. The number of aromatic carboxylic acids is 1. The molecule has 0 saturated carbocycles. The van der Waals surface area contributed by atoms with Crippen molar-refractivity contribution >= 4 is 34.2 Å². The van der Waals surface area contributed by atoms with Crippen LogP contribution in [0.5, 0.6) is 0 Å². The van der Waals surface area contributed by atoms with Crippen LogP contribution in [-0.2, 0) is 4.74 Å². The maximum atomic E-state index is 11.7. The average Bonchev–Trinajstić information content (AvgIpc) is 2.79. The van der Waals surface area contributed by atoms with E-state index in [0.29, 0.717) is 35.4 Å². The van der Waals surface area contributed by atoms with E-state index >= 15 is 0 Å². The Morgan fingerprint density at radius 3 is 2.64 bits per heavy atom. The van der Waals surface area contributed by atoms with Crippen molar-refractivity contribution in [1.29, 1.82) is 0 Å². The Bertz CT molecular complexity index is 733. The second kappa shape index (κ2) is 5.44. The first-order valence-electron chi connectivity index (χ1n) is 7.10. The van der Waals surface area contributed by atoms with E-state index in [2.05, 4.69) is 5.16 Å². The predicted molar refractivity (Wildman–Crippen MR) is 82.9 cm³/mol. The van der Waals surface area contributed by atoms with Crippen LogP contribution in [0.15, 0.2) is 10.6 Å². The second-order valence-corrected chi connectivity index (χ2v) is 6.08. The Hall–Kier alpha value is -1.79. The molecule has 2 atom stereocenters. The minimum absolute atomic E-state index is 0.00591. The normalized spacial score (nSPS) is 22.3. The van der Waals surface area contributed by atoms with E-state index in [-0.39, 0.29) is 22.8 Å². The van der Waals surface area contributed by atoms with Gasteiger partial charge < -0.3 is 19.3 Å². The quantitative estimate of drug-likeness (QED) is 0.914. The summed E-state index contributed by atoms with van der Waals surface area (Å²) < 4.78 is 11.0. The van der Waals surface area contributed by atoms with Crippen molar-refractivity contribution in [3.8, 4) is 0 Å². The molecule has 6 nitrogen and oxygen atoms in total. The molecule has 1 N–H and O–H groups in total. The SMILES string of the molecule is Cc1noc2c(Cl)c(N3CC(C)OC(C)C3)c(C(=O)O)cc12. The molecule has 1 aliphatic heterocycles. The zero-order valence-electron chi connectivity index (χ0n) is 12.6. The van der Waals surface area contributed by atoms with Gasteiger partial charge in [-0.05, 0) is 26.8 Å². The number of carboxylic acid groups (broad SMARTS) is 1. The predicted octanol–water partition coefficient (Wildman–Crippen LogP) is 3.10. The van der Waals surface area contributed by atoms with E-state index in [9.17, 15) is 9.90 Å². The fourth-order valence-electron chi connectivity index (χ4n) is 2.98. The number of rotatable bonds is 2. The van der Waals surface area contributed by atoms with Crippen LogP contribution in [0, 0.1) is 6.92 Å². The van der Waals surface area contributed by atoms with Crippen LogP contribution in [0.2, 0.25) is 5.02 Å². The van der Waals surface area contributed by atoms with E-state index in [1.165, 1.54) is 0 Å². The van der Waals surface area contributed by atoms with Gasteiger partial charge in [0.1, 0.15) is 5.02 Å². The summed E-state index contributed by atoms with van der Waals surface area (Å²) in [6.45, 7) is 6.81. The second-order valence-electron chi connectivity index (χ2n) is 5.70. The molecule has 7 heteroatoms. The van der Waals surface area contributed by atoms with Gasteiger partial charge in [-0.25, -0.2) is 4.79 Å². The highest BCUT2D eigenvalue weighted by atomic mass is 35.5. The molecule has 118 valence electrons. The maximum Gasteiger partial charge on any atom is 0.337 e. The van der Waals surface area contributed by atoms with E-state index in [1.807, 2.05) is 18.7 Å². The van der Waals surface area contributed by atoms with E-state index in [1.54, 1.807) is 13.0 Å². The zero-order valence-corrected chi connectivity index (χ0v) is 13.3. The molecule has 22 heavy (non-hydrogen) atoms. The van der Waals surface area contributed by atoms with Crippen molar-refractivity contribution in [2.45, 2.75) is 33.0 Å². The summed E-state index contributed by atoms with van der Waals surface area (Å²) in [6, 6.07) is 1.58. The summed E-state index contributed by atoms with van der Waals surface area (Å²) in [5, 5.41) is 14.4. The molecule has 1 aromatic heterocycles. The third kappa shape index (κ3) is 2.42. The Kier molecular flexibility index (Phi) is 3.74. The van der Waals surface area contributed by atoms with Gasteiger partial charge >= 0.3 is 5.97 Å². The summed E-state index contributed by atoms with van der Waals surface area (Å²) in [7, 11) is 0. The van der Waals surface area contributed by atoms with Crippen molar-refractivity contribution in [3.05, 3.63) is 22.3 Å². The molecule has 3 rings (SSSR count). The lowest BCUT2D eigenvalue weighted by Gasteiger charge is -2.37. The fraction of sp³-hybridized carbons (Fsp3) is 0.467. The lowest BCUT2D eigenvalue weighted by molar-refractivity contribution is -0.00530. The fourth-order valence-corrected chi connectivity index (χ4v) is 3.33. The number of benzene rings is 1. The van der Waals surface area contributed by atoms with Crippen molar-refractivity contribution in [1.82, 2.24) is 5.16 Å². The van der Waals surface area contributed by atoms with Crippen molar-refractivity contribution in [3.63, 3.8) is 0 Å². The van der Waals surface area contributed by atoms with Crippen LogP contribution in [0.25, 0.3) is 11.0 Å². The molecule has 1 aromatic carbocycles. The summed E-state index contributed by atoms with van der Waals surface area (Å²) >= 11 is 6.45. The van der Waals surface area contributed by atoms with Gasteiger partial charge in [0, 0.05) is 18.5 Å². The molecular weight excluding hydrogens is 308 g/mol. The van der Waals surface area contributed by atoms with Crippen LogP contribution >= 0.6 is 11.6 Å². The molecule has 0 radical (unpaired) electrons. The molecule has 2 unspecified atom stereocenters. The molecule has 1 fully saturated rings. The number of halogens is 1. The first kappa shape index (κ1) is 15.1. The number of aromatic nitrogens is 1. The van der Waals surface area contributed by atoms with Gasteiger partial charge in [0.05, 0.1) is 29.2 Å². The lowest BCUT2D eigenvalue weighted by Crippen LogP contribution is -2.46. The van der Waals surface area contributed by atoms with Gasteiger partial charge in [-0.3, -0.25) is 0 Å². The summed E-state index contributed by atoms with van der Waals surface area (Å²) in [5.41, 5.74) is 1.67. The molecule has 0 aliphatic carbocycles. The molecule has 0 amide bonds. The Labute approximate surface area is 132 Å². The number of anilines is 1. The van der Waals surface area contributed by atoms with Crippen molar-refractivity contribution in [2.24, 2.45) is 0 Å². The van der Waals surface area contributed by atoms with Crippen molar-refractivity contribution in [2.75, 3.05) is 18.0 Å². The molecular formula is C15H17ClN2O4. The number of morpholine rings is 1. The lowest BCUT2D eigenvalue weighted by atomic mass is 10.1. The standard InChI is InChI=1S/C15H17ClN2O4/c1-7-5-18(6-8(2)21-7)13-11(15(19)20)4-10-9(3)17-22-14(10)12(13)16/h4,7-8H,5-6H2,1-3H3,(H,19,20). The number of carboxylic acids is 1. The third-order valence-corrected chi connectivity index (χ3v) is 4.18. The third-order valence-electron chi connectivity index (χ3n) is 3.83. The number of hydrogen-bond donors (Lipinski definition) is 1. The number of hydrogen-bond acceptors (Lipinski definition) is 5. The first-order chi connectivity index (χ1) is 10.4. The summed E-state index contributed by atoms with van der Waals surface area (Å²) in [4.78, 5) is 13.6. The topological polar surface area (TPSA) is 75.8 Å². The number of aryl methyl sites for hydroxylation is 1. The van der Waals surface area contributed by atoms with Crippen LogP contribution < -0.4 is 4.90 Å². The zero-order chi connectivity index (χ0) is 16.0. The molecule has 2 aromatic rings. The highest BCUT2D eigenvalue weighted by molar-refractivity contribution is 6.38. The van der Waals surface area contributed by atoms with Crippen molar-refractivity contribution < 1.29 is 19.2 Å². The highest BCUT2D eigenvalue weighted by Crippen LogP contribution is 2.39. The van der Waals surface area contributed by atoms with Gasteiger partial charge in [0.25, 0.3) is 0 Å². The molecule has 0 spiro atoms. The van der Waals surface area contributed by atoms with Crippen LogP contribution in [0.1, 0.15) is 29.9 Å². The minimum atomic E-state index is -1.02. The van der Waals surface area contributed by atoms with Gasteiger partial charge in [0.2, 0.25) is 0 Å². The van der Waals surface area contributed by atoms with E-state index in [4.69, 9.17) is 20.9 Å².